The molecule has 0 saturated carbocycles. The second-order valence-corrected chi connectivity index (χ2v) is 3.39. The Morgan fingerprint density at radius 1 is 1.33 bits per heavy atom. The Morgan fingerprint density at radius 3 is 2.42 bits per heavy atom. The topological polar surface area (TPSA) is 57.5 Å². The molecule has 0 amide bonds. The van der Waals surface area contributed by atoms with Crippen molar-refractivity contribution < 1.29 is 14.6 Å². The summed E-state index contributed by atoms with van der Waals surface area (Å²) in [5.74, 6) is 0. The molecule has 0 spiro atoms. The first-order valence-corrected chi connectivity index (χ1v) is 4.65. The van der Waals surface area contributed by atoms with Crippen LogP contribution in [0, 0.1) is 6.92 Å². The number of hydrogen-bond donors (Lipinski definition) is 2. The van der Waals surface area contributed by atoms with Gasteiger partial charge in [-0.25, -0.2) is 0 Å². The molecular formula is C8H9O3P. The number of benzene rings is 1. The van der Waals surface area contributed by atoms with Gasteiger partial charge in [-0.1, -0.05) is 24.3 Å². The third-order valence-corrected chi connectivity index (χ3v) is 2.16. The van der Waals surface area contributed by atoms with Gasteiger partial charge in [0.25, 0.3) is 0 Å². The SMILES string of the molecule is Cc1ccccc1C(=O)P(O)O. The first kappa shape index (κ1) is 9.33. The van der Waals surface area contributed by atoms with Crippen molar-refractivity contribution in [2.45, 2.75) is 6.92 Å². The predicted molar refractivity (Wildman–Crippen MR) is 46.9 cm³/mol. The number of carbonyl (C=O) groups excluding carboxylic acids is 1. The van der Waals surface area contributed by atoms with Gasteiger partial charge in [0.2, 0.25) is 13.9 Å². The third-order valence-electron chi connectivity index (χ3n) is 1.56. The van der Waals surface area contributed by atoms with Crippen molar-refractivity contribution in [3.63, 3.8) is 0 Å². The summed E-state index contributed by atoms with van der Waals surface area (Å²) < 4.78 is 0. The van der Waals surface area contributed by atoms with Crippen molar-refractivity contribution in [2.24, 2.45) is 0 Å². The fourth-order valence-electron chi connectivity index (χ4n) is 0.921. The number of aryl methyl sites for hydroxylation is 1. The first-order valence-electron chi connectivity index (χ1n) is 3.41. The molecule has 0 fully saturated rings. The first-order chi connectivity index (χ1) is 5.63. The van der Waals surface area contributed by atoms with Crippen LogP contribution in [0.15, 0.2) is 24.3 Å². The smallest absolute Gasteiger partial charge is 0.243 e. The summed E-state index contributed by atoms with van der Waals surface area (Å²) in [6.45, 7) is 1.76. The lowest BCUT2D eigenvalue weighted by Crippen LogP contribution is -1.98. The molecule has 0 unspecified atom stereocenters. The largest absolute Gasteiger partial charge is 0.344 e. The van der Waals surface area contributed by atoms with E-state index in [1.54, 1.807) is 31.2 Å². The minimum atomic E-state index is -2.49. The van der Waals surface area contributed by atoms with Gasteiger partial charge in [-0.15, -0.1) is 0 Å². The maximum Gasteiger partial charge on any atom is 0.243 e. The Hall–Kier alpha value is -0.760. The van der Waals surface area contributed by atoms with Crippen molar-refractivity contribution in [1.29, 1.82) is 0 Å². The summed E-state index contributed by atoms with van der Waals surface area (Å²) in [6.07, 6.45) is 0. The van der Waals surface area contributed by atoms with Crippen LogP contribution in [0.4, 0.5) is 0 Å². The lowest BCUT2D eigenvalue weighted by atomic mass is 10.1. The minimum absolute atomic E-state index is 0.383. The third kappa shape index (κ3) is 1.89. The van der Waals surface area contributed by atoms with E-state index in [2.05, 4.69) is 0 Å². The molecule has 1 rings (SSSR count). The van der Waals surface area contributed by atoms with E-state index in [-0.39, 0.29) is 0 Å². The highest BCUT2D eigenvalue weighted by Crippen LogP contribution is 2.30. The highest BCUT2D eigenvalue weighted by molar-refractivity contribution is 7.65. The Labute approximate surface area is 71.6 Å². The van der Waals surface area contributed by atoms with Crippen LogP contribution >= 0.6 is 8.38 Å². The van der Waals surface area contributed by atoms with Crippen LogP contribution in [0.2, 0.25) is 0 Å². The Balaban J connectivity index is 3.03. The zero-order valence-electron chi connectivity index (χ0n) is 6.56. The van der Waals surface area contributed by atoms with Gasteiger partial charge in [0.05, 0.1) is 0 Å². The van der Waals surface area contributed by atoms with Gasteiger partial charge < -0.3 is 9.79 Å². The molecule has 0 saturated heterocycles. The Kier molecular flexibility index (Phi) is 2.93. The average molecular weight is 184 g/mol. The van der Waals surface area contributed by atoms with E-state index in [0.29, 0.717) is 5.56 Å². The molecule has 3 nitrogen and oxygen atoms in total. The quantitative estimate of drug-likeness (QED) is 0.683. The van der Waals surface area contributed by atoms with E-state index in [0.717, 1.165) is 5.56 Å². The van der Waals surface area contributed by atoms with Crippen molar-refractivity contribution in [2.75, 3.05) is 0 Å². The summed E-state index contributed by atoms with van der Waals surface area (Å²) in [5.41, 5.74) is 0.551. The molecule has 12 heavy (non-hydrogen) atoms. The Bertz CT molecular complexity index is 296. The van der Waals surface area contributed by atoms with E-state index in [9.17, 15) is 4.79 Å². The van der Waals surface area contributed by atoms with Gasteiger partial charge in [0.1, 0.15) is 0 Å². The average Bonchev–Trinajstić information content (AvgIpc) is 2.04. The van der Waals surface area contributed by atoms with Crippen LogP contribution in [-0.2, 0) is 0 Å². The van der Waals surface area contributed by atoms with E-state index in [1.807, 2.05) is 0 Å². The lowest BCUT2D eigenvalue weighted by Gasteiger charge is -2.03. The molecule has 0 heterocycles. The maximum absolute atomic E-state index is 11.1. The molecule has 0 aliphatic heterocycles. The van der Waals surface area contributed by atoms with Gasteiger partial charge in [0.15, 0.2) is 0 Å². The monoisotopic (exact) mass is 184 g/mol. The van der Waals surface area contributed by atoms with E-state index >= 15 is 0 Å². The summed E-state index contributed by atoms with van der Waals surface area (Å²) in [5, 5.41) is 0. The van der Waals surface area contributed by atoms with Gasteiger partial charge in [-0.3, -0.25) is 4.79 Å². The normalized spacial score (nSPS) is 10.3. The standard InChI is InChI=1S/C8H9O3P/c1-6-4-2-3-5-7(6)8(9)12(10)11/h2-5,10-11H,1H3. The molecule has 0 bridgehead atoms. The summed E-state index contributed by atoms with van der Waals surface area (Å²) in [6, 6.07) is 6.83. The van der Waals surface area contributed by atoms with E-state index in [4.69, 9.17) is 9.79 Å². The van der Waals surface area contributed by atoms with Crippen molar-refractivity contribution >= 4 is 13.9 Å². The van der Waals surface area contributed by atoms with Gasteiger partial charge in [0, 0.05) is 5.56 Å². The molecule has 4 heteroatoms. The van der Waals surface area contributed by atoms with Crippen molar-refractivity contribution in [1.82, 2.24) is 0 Å². The van der Waals surface area contributed by atoms with Crippen molar-refractivity contribution in [3.05, 3.63) is 35.4 Å². The van der Waals surface area contributed by atoms with Crippen LogP contribution in [0.3, 0.4) is 0 Å². The fourth-order valence-corrected chi connectivity index (χ4v) is 1.39. The van der Waals surface area contributed by atoms with E-state index < -0.39 is 13.9 Å². The fraction of sp³-hybridized carbons (Fsp3) is 0.125. The number of carbonyl (C=O) groups is 1. The second-order valence-electron chi connectivity index (χ2n) is 2.41. The van der Waals surface area contributed by atoms with E-state index in [1.165, 1.54) is 0 Å². The van der Waals surface area contributed by atoms with Crippen LogP contribution in [0.5, 0.6) is 0 Å². The molecule has 0 atom stereocenters. The zero-order valence-corrected chi connectivity index (χ0v) is 7.45. The summed E-state index contributed by atoms with van der Waals surface area (Å²) >= 11 is 0. The molecule has 0 aromatic heterocycles. The predicted octanol–water partition coefficient (Wildman–Crippen LogP) is 1.43. The van der Waals surface area contributed by atoms with Crippen molar-refractivity contribution in [3.8, 4) is 0 Å². The highest BCUT2D eigenvalue weighted by atomic mass is 31.2. The molecule has 0 radical (unpaired) electrons. The second kappa shape index (κ2) is 3.76. The zero-order chi connectivity index (χ0) is 9.14. The van der Waals surface area contributed by atoms with Gasteiger partial charge >= 0.3 is 0 Å². The van der Waals surface area contributed by atoms with Crippen LogP contribution in [0.1, 0.15) is 15.9 Å². The van der Waals surface area contributed by atoms with Gasteiger partial charge in [-0.05, 0) is 12.5 Å². The molecule has 64 valence electrons. The molecule has 1 aromatic carbocycles. The molecule has 1 aromatic rings. The summed E-state index contributed by atoms with van der Waals surface area (Å²) in [7, 11) is -2.49. The molecule has 0 aliphatic carbocycles. The summed E-state index contributed by atoms with van der Waals surface area (Å²) in [4.78, 5) is 28.4. The van der Waals surface area contributed by atoms with Crippen LogP contribution < -0.4 is 0 Å². The molecule has 0 aliphatic rings. The number of rotatable bonds is 2. The Morgan fingerprint density at radius 2 is 1.92 bits per heavy atom. The maximum atomic E-state index is 11.1. The van der Waals surface area contributed by atoms with Crippen LogP contribution in [0.25, 0.3) is 0 Å². The van der Waals surface area contributed by atoms with Gasteiger partial charge in [-0.2, -0.15) is 0 Å². The molecular weight excluding hydrogens is 175 g/mol. The minimum Gasteiger partial charge on any atom is -0.344 e. The molecule has 2 N–H and O–H groups in total. The number of hydrogen-bond acceptors (Lipinski definition) is 3. The highest BCUT2D eigenvalue weighted by Gasteiger charge is 2.16. The van der Waals surface area contributed by atoms with Crippen LogP contribution in [-0.4, -0.2) is 15.3 Å². The lowest BCUT2D eigenvalue weighted by molar-refractivity contribution is 0.106.